The lowest BCUT2D eigenvalue weighted by atomic mass is 9.72. The number of halogens is 3. The molecule has 0 fully saturated rings. The lowest BCUT2D eigenvalue weighted by Gasteiger charge is -2.41. The summed E-state index contributed by atoms with van der Waals surface area (Å²) in [4.78, 5) is 11.4. The molecule has 0 saturated heterocycles. The van der Waals surface area contributed by atoms with Crippen molar-refractivity contribution in [3.8, 4) is 0 Å². The van der Waals surface area contributed by atoms with E-state index in [2.05, 4.69) is 10.6 Å². The normalized spacial score (nSPS) is 18.5. The van der Waals surface area contributed by atoms with Gasteiger partial charge in [0.05, 0.1) is 11.6 Å². The summed E-state index contributed by atoms with van der Waals surface area (Å²) < 4.78 is 39.2. The SMILES string of the molecule is CC(C)(Nc1cccc(C2Nc3ccc(C(F)(F)F)cc3CC2(C)C)c1)C(=O)O. The number of hydrogen-bond donors (Lipinski definition) is 3. The quantitative estimate of drug-likeness (QED) is 0.608. The second-order valence-electron chi connectivity index (χ2n) is 8.79. The zero-order chi connectivity index (χ0) is 21.6. The molecule has 2 aromatic carbocycles. The molecule has 0 amide bonds. The van der Waals surface area contributed by atoms with Crippen LogP contribution in [-0.2, 0) is 17.4 Å². The van der Waals surface area contributed by atoms with Gasteiger partial charge < -0.3 is 15.7 Å². The van der Waals surface area contributed by atoms with Crippen molar-refractivity contribution in [1.82, 2.24) is 0 Å². The molecule has 3 rings (SSSR count). The molecule has 0 saturated carbocycles. The third-order valence-corrected chi connectivity index (χ3v) is 5.37. The smallest absolute Gasteiger partial charge is 0.416 e. The molecule has 1 atom stereocenters. The van der Waals surface area contributed by atoms with E-state index in [4.69, 9.17) is 0 Å². The summed E-state index contributed by atoms with van der Waals surface area (Å²) in [5, 5.41) is 15.7. The maximum Gasteiger partial charge on any atom is 0.416 e. The summed E-state index contributed by atoms with van der Waals surface area (Å²) >= 11 is 0. The van der Waals surface area contributed by atoms with Gasteiger partial charge in [0.2, 0.25) is 0 Å². The molecule has 156 valence electrons. The summed E-state index contributed by atoms with van der Waals surface area (Å²) in [6.07, 6.45) is -3.88. The summed E-state index contributed by atoms with van der Waals surface area (Å²) in [5.41, 5.74) is 0.813. The van der Waals surface area contributed by atoms with Crippen LogP contribution in [0.5, 0.6) is 0 Å². The minimum atomic E-state index is -4.37. The molecule has 0 bridgehead atoms. The highest BCUT2D eigenvalue weighted by molar-refractivity contribution is 5.81. The molecular formula is C22H25F3N2O2. The van der Waals surface area contributed by atoms with E-state index in [0.29, 0.717) is 23.4 Å². The van der Waals surface area contributed by atoms with E-state index in [9.17, 15) is 23.1 Å². The number of aliphatic carboxylic acids is 1. The molecule has 7 heteroatoms. The molecule has 0 radical (unpaired) electrons. The average Bonchev–Trinajstić information content (AvgIpc) is 2.58. The largest absolute Gasteiger partial charge is 0.480 e. The number of fused-ring (bicyclic) bond motifs is 1. The van der Waals surface area contributed by atoms with Crippen LogP contribution >= 0.6 is 0 Å². The van der Waals surface area contributed by atoms with Gasteiger partial charge in [-0.05, 0) is 67.1 Å². The molecule has 4 nitrogen and oxygen atoms in total. The molecule has 0 aromatic heterocycles. The van der Waals surface area contributed by atoms with Crippen LogP contribution in [0.2, 0.25) is 0 Å². The Morgan fingerprint density at radius 1 is 1.17 bits per heavy atom. The van der Waals surface area contributed by atoms with Crippen LogP contribution in [0, 0.1) is 5.41 Å². The van der Waals surface area contributed by atoms with Crippen LogP contribution in [0.4, 0.5) is 24.5 Å². The zero-order valence-corrected chi connectivity index (χ0v) is 16.8. The topological polar surface area (TPSA) is 61.4 Å². The van der Waals surface area contributed by atoms with E-state index in [0.717, 1.165) is 11.6 Å². The molecule has 0 spiro atoms. The lowest BCUT2D eigenvalue weighted by molar-refractivity contribution is -0.141. The Morgan fingerprint density at radius 2 is 1.86 bits per heavy atom. The van der Waals surface area contributed by atoms with Gasteiger partial charge in [0, 0.05) is 11.4 Å². The van der Waals surface area contributed by atoms with Gasteiger partial charge >= 0.3 is 12.1 Å². The molecular weight excluding hydrogens is 381 g/mol. The number of carboxylic acids is 1. The lowest BCUT2D eigenvalue weighted by Crippen LogP contribution is -2.40. The summed E-state index contributed by atoms with van der Waals surface area (Å²) in [6.45, 7) is 7.18. The van der Waals surface area contributed by atoms with E-state index in [-0.39, 0.29) is 11.5 Å². The van der Waals surface area contributed by atoms with Crippen molar-refractivity contribution in [2.75, 3.05) is 10.6 Å². The highest BCUT2D eigenvalue weighted by Gasteiger charge is 2.38. The maximum absolute atomic E-state index is 13.1. The van der Waals surface area contributed by atoms with Crippen molar-refractivity contribution in [2.45, 2.75) is 51.9 Å². The number of benzene rings is 2. The van der Waals surface area contributed by atoms with Gasteiger partial charge in [-0.1, -0.05) is 26.0 Å². The fourth-order valence-corrected chi connectivity index (χ4v) is 3.75. The number of carbonyl (C=O) groups is 1. The van der Waals surface area contributed by atoms with Gasteiger partial charge in [-0.25, -0.2) is 4.79 Å². The van der Waals surface area contributed by atoms with E-state index in [1.165, 1.54) is 12.1 Å². The number of anilines is 2. The first-order valence-corrected chi connectivity index (χ1v) is 9.38. The van der Waals surface area contributed by atoms with Gasteiger partial charge in [0.15, 0.2) is 0 Å². The highest BCUT2D eigenvalue weighted by atomic mass is 19.4. The van der Waals surface area contributed by atoms with Crippen molar-refractivity contribution >= 4 is 17.3 Å². The van der Waals surface area contributed by atoms with Gasteiger partial charge in [0.25, 0.3) is 0 Å². The van der Waals surface area contributed by atoms with Gasteiger partial charge in [-0.2, -0.15) is 13.2 Å². The third-order valence-electron chi connectivity index (χ3n) is 5.37. The number of alkyl halides is 3. The maximum atomic E-state index is 13.1. The summed E-state index contributed by atoms with van der Waals surface area (Å²) in [5.74, 6) is -0.964. The molecule has 3 N–H and O–H groups in total. The number of rotatable bonds is 4. The second-order valence-corrected chi connectivity index (χ2v) is 8.79. The standard InChI is InChI=1S/C22H25F3N2O2/c1-20(2)12-14-10-15(22(23,24)25)8-9-17(14)26-18(20)13-6-5-7-16(11-13)27-21(3,4)19(28)29/h5-11,18,26-27H,12H2,1-4H3,(H,28,29). The summed E-state index contributed by atoms with van der Waals surface area (Å²) in [6, 6.07) is 11.1. The van der Waals surface area contributed by atoms with Crippen molar-refractivity contribution < 1.29 is 23.1 Å². The minimum absolute atomic E-state index is 0.138. The minimum Gasteiger partial charge on any atom is -0.480 e. The molecule has 1 heterocycles. The second kappa shape index (κ2) is 6.97. The van der Waals surface area contributed by atoms with Crippen molar-refractivity contribution in [2.24, 2.45) is 5.41 Å². The van der Waals surface area contributed by atoms with Crippen molar-refractivity contribution in [3.05, 3.63) is 59.2 Å². The Balaban J connectivity index is 1.92. The fraction of sp³-hybridized carbons (Fsp3) is 0.409. The predicted molar refractivity (Wildman–Crippen MR) is 107 cm³/mol. The van der Waals surface area contributed by atoms with Crippen LogP contribution < -0.4 is 10.6 Å². The van der Waals surface area contributed by atoms with Gasteiger partial charge in [-0.15, -0.1) is 0 Å². The fourth-order valence-electron chi connectivity index (χ4n) is 3.75. The molecule has 2 aromatic rings. The van der Waals surface area contributed by atoms with E-state index in [1.54, 1.807) is 19.9 Å². The first kappa shape index (κ1) is 21.0. The third kappa shape index (κ3) is 4.33. The van der Waals surface area contributed by atoms with E-state index < -0.39 is 23.2 Å². The Morgan fingerprint density at radius 3 is 2.48 bits per heavy atom. The molecule has 1 aliphatic heterocycles. The Hall–Kier alpha value is -2.70. The van der Waals surface area contributed by atoms with Crippen molar-refractivity contribution in [1.29, 1.82) is 0 Å². The number of hydrogen-bond acceptors (Lipinski definition) is 3. The Kier molecular flexibility index (Phi) is 5.05. The van der Waals surface area contributed by atoms with E-state index >= 15 is 0 Å². The van der Waals surface area contributed by atoms with Crippen LogP contribution in [-0.4, -0.2) is 16.6 Å². The van der Waals surface area contributed by atoms with Crippen LogP contribution in [0.15, 0.2) is 42.5 Å². The molecule has 0 aliphatic carbocycles. The molecule has 29 heavy (non-hydrogen) atoms. The highest BCUT2D eigenvalue weighted by Crippen LogP contribution is 2.46. The van der Waals surface area contributed by atoms with Gasteiger partial charge in [-0.3, -0.25) is 0 Å². The van der Waals surface area contributed by atoms with E-state index in [1.807, 2.05) is 32.0 Å². The summed E-state index contributed by atoms with van der Waals surface area (Å²) in [7, 11) is 0. The van der Waals surface area contributed by atoms with Crippen LogP contribution in [0.1, 0.15) is 50.4 Å². The monoisotopic (exact) mass is 406 g/mol. The van der Waals surface area contributed by atoms with Crippen LogP contribution in [0.25, 0.3) is 0 Å². The molecule has 1 aliphatic rings. The first-order valence-electron chi connectivity index (χ1n) is 9.38. The Labute approximate surface area is 168 Å². The zero-order valence-electron chi connectivity index (χ0n) is 16.8. The average molecular weight is 406 g/mol. The van der Waals surface area contributed by atoms with Gasteiger partial charge in [0.1, 0.15) is 5.54 Å². The Bertz CT molecular complexity index is 936. The predicted octanol–water partition coefficient (Wildman–Crippen LogP) is 5.72. The van der Waals surface area contributed by atoms with Crippen LogP contribution in [0.3, 0.4) is 0 Å². The number of carboxylic acid groups (broad SMARTS) is 1. The first-order chi connectivity index (χ1) is 13.3. The van der Waals surface area contributed by atoms with Crippen molar-refractivity contribution in [3.63, 3.8) is 0 Å². The molecule has 1 unspecified atom stereocenters. The number of nitrogens with one attached hydrogen (secondary N) is 2.